The van der Waals surface area contributed by atoms with Crippen molar-refractivity contribution in [1.82, 2.24) is 10.6 Å². The summed E-state index contributed by atoms with van der Waals surface area (Å²) in [4.78, 5) is 13.8. The summed E-state index contributed by atoms with van der Waals surface area (Å²) in [7, 11) is 0. The smallest absolute Gasteiger partial charge is 0.224 e. The number of aliphatic hydroxyl groups excluding tert-OH is 1. The number of rotatable bonds is 11. The molecular weight excluding hydrogens is 454 g/mol. The average molecular weight is 485 g/mol. The lowest BCUT2D eigenvalue weighted by atomic mass is 10.00. The molecule has 0 saturated heterocycles. The van der Waals surface area contributed by atoms with E-state index in [1.165, 1.54) is 12.1 Å². The van der Waals surface area contributed by atoms with Gasteiger partial charge < -0.3 is 15.7 Å². The van der Waals surface area contributed by atoms with Gasteiger partial charge in [-0.05, 0) is 60.6 Å². The third-order valence-electron chi connectivity index (χ3n) is 5.52. The van der Waals surface area contributed by atoms with E-state index in [4.69, 9.17) is 0 Å². The maximum Gasteiger partial charge on any atom is 0.224 e. The molecule has 2 atom stereocenters. The molecule has 0 aliphatic rings. The van der Waals surface area contributed by atoms with E-state index in [-0.39, 0.29) is 25.3 Å². The molecule has 0 bridgehead atoms. The van der Waals surface area contributed by atoms with Crippen LogP contribution in [0.3, 0.4) is 0 Å². The van der Waals surface area contributed by atoms with Gasteiger partial charge in [0.05, 0.1) is 18.6 Å². The third-order valence-corrected chi connectivity index (χ3v) is 6.26. The molecule has 3 N–H and O–H groups in total. The fraction of sp³-hybridized carbons (Fsp3) is 0.296. The van der Waals surface area contributed by atoms with E-state index in [0.717, 1.165) is 27.7 Å². The molecule has 0 radical (unpaired) electrons. The molecule has 0 aliphatic carbocycles. The Morgan fingerprint density at radius 2 is 1.56 bits per heavy atom. The van der Waals surface area contributed by atoms with E-state index in [1.54, 1.807) is 11.8 Å². The first-order valence-corrected chi connectivity index (χ1v) is 12.4. The van der Waals surface area contributed by atoms with Gasteiger partial charge in [0.1, 0.15) is 11.6 Å². The van der Waals surface area contributed by atoms with Gasteiger partial charge in [-0.25, -0.2) is 8.78 Å². The summed E-state index contributed by atoms with van der Waals surface area (Å²) in [6.45, 7) is 2.77. The molecule has 0 fully saturated rings. The number of amides is 1. The van der Waals surface area contributed by atoms with Gasteiger partial charge >= 0.3 is 0 Å². The van der Waals surface area contributed by atoms with Crippen LogP contribution in [0.5, 0.6) is 0 Å². The van der Waals surface area contributed by atoms with Gasteiger partial charge in [-0.15, -0.1) is 11.8 Å². The molecule has 0 heterocycles. The molecule has 7 heteroatoms. The van der Waals surface area contributed by atoms with Crippen LogP contribution in [0.25, 0.3) is 0 Å². The van der Waals surface area contributed by atoms with Crippen LogP contribution >= 0.6 is 11.8 Å². The number of hydrogen-bond donors (Lipinski definition) is 3. The van der Waals surface area contributed by atoms with Gasteiger partial charge in [0.2, 0.25) is 5.91 Å². The molecular formula is C27H30F2N2O2S. The van der Waals surface area contributed by atoms with Crippen LogP contribution in [0.1, 0.15) is 22.3 Å². The lowest BCUT2D eigenvalue weighted by Crippen LogP contribution is -2.49. The summed E-state index contributed by atoms with van der Waals surface area (Å²) in [6.07, 6.45) is 1.26. The first-order chi connectivity index (χ1) is 16.3. The fourth-order valence-corrected chi connectivity index (χ4v) is 4.07. The number of aryl methyl sites for hydroxylation is 1. The Bertz CT molecular complexity index is 1050. The number of carbonyl (C=O) groups is 1. The summed E-state index contributed by atoms with van der Waals surface area (Å²) in [6, 6.07) is 18.2. The minimum Gasteiger partial charge on any atom is -0.390 e. The number of hydrogen-bond acceptors (Lipinski definition) is 4. The van der Waals surface area contributed by atoms with Crippen molar-refractivity contribution < 1.29 is 18.7 Å². The number of aliphatic hydroxyl groups is 1. The predicted molar refractivity (Wildman–Crippen MR) is 133 cm³/mol. The van der Waals surface area contributed by atoms with Crippen LogP contribution in [0.15, 0.2) is 71.6 Å². The maximum absolute atomic E-state index is 13.7. The van der Waals surface area contributed by atoms with E-state index < -0.39 is 23.8 Å². The van der Waals surface area contributed by atoms with Gasteiger partial charge in [0.15, 0.2) is 0 Å². The molecule has 4 nitrogen and oxygen atoms in total. The van der Waals surface area contributed by atoms with Crippen LogP contribution in [0, 0.1) is 18.6 Å². The molecule has 0 unspecified atom stereocenters. The Labute approximate surface area is 203 Å². The van der Waals surface area contributed by atoms with E-state index in [9.17, 15) is 18.7 Å². The lowest BCUT2D eigenvalue weighted by Gasteiger charge is -2.25. The van der Waals surface area contributed by atoms with Gasteiger partial charge in [0.25, 0.3) is 0 Å². The molecule has 0 spiro atoms. The van der Waals surface area contributed by atoms with Crippen molar-refractivity contribution >= 4 is 17.7 Å². The molecule has 3 aromatic carbocycles. The van der Waals surface area contributed by atoms with Crippen molar-refractivity contribution in [1.29, 1.82) is 0 Å². The molecule has 1 amide bonds. The number of carbonyl (C=O) groups excluding carboxylic acids is 1. The highest BCUT2D eigenvalue weighted by atomic mass is 32.2. The SMILES string of the molecule is CSc1ccc(CC(=O)N[C@H](Cc2cc(F)cc(F)c2)[C@H](O)CNCc2ccc(C)cc2)cc1. The summed E-state index contributed by atoms with van der Waals surface area (Å²) in [5.74, 6) is -1.65. The largest absolute Gasteiger partial charge is 0.390 e. The second kappa shape index (κ2) is 12.6. The summed E-state index contributed by atoms with van der Waals surface area (Å²) in [5, 5.41) is 16.9. The third kappa shape index (κ3) is 8.24. The topological polar surface area (TPSA) is 61.4 Å². The van der Waals surface area contributed by atoms with Crippen molar-refractivity contribution in [2.45, 2.75) is 43.4 Å². The molecule has 0 saturated carbocycles. The van der Waals surface area contributed by atoms with Gasteiger partial charge in [0, 0.05) is 24.1 Å². The lowest BCUT2D eigenvalue weighted by molar-refractivity contribution is -0.122. The predicted octanol–water partition coefficient (Wildman–Crippen LogP) is 4.42. The molecule has 0 aromatic heterocycles. The van der Waals surface area contributed by atoms with Gasteiger partial charge in [-0.1, -0.05) is 42.0 Å². The van der Waals surface area contributed by atoms with Crippen molar-refractivity contribution in [2.75, 3.05) is 12.8 Å². The van der Waals surface area contributed by atoms with Crippen LogP contribution in [0.2, 0.25) is 0 Å². The Morgan fingerprint density at radius 3 is 2.18 bits per heavy atom. The van der Waals surface area contributed by atoms with Gasteiger partial charge in [-0.2, -0.15) is 0 Å². The molecule has 180 valence electrons. The van der Waals surface area contributed by atoms with Crippen molar-refractivity contribution in [2.24, 2.45) is 0 Å². The van der Waals surface area contributed by atoms with Crippen LogP contribution in [-0.2, 0) is 24.2 Å². The Morgan fingerprint density at radius 1 is 0.941 bits per heavy atom. The highest BCUT2D eigenvalue weighted by Gasteiger charge is 2.22. The first-order valence-electron chi connectivity index (χ1n) is 11.1. The zero-order valence-electron chi connectivity index (χ0n) is 19.4. The quantitative estimate of drug-likeness (QED) is 0.353. The Hall–Kier alpha value is -2.74. The number of nitrogens with one attached hydrogen (secondary N) is 2. The van der Waals surface area contributed by atoms with E-state index >= 15 is 0 Å². The molecule has 3 rings (SSSR count). The molecule has 34 heavy (non-hydrogen) atoms. The van der Waals surface area contributed by atoms with Crippen molar-refractivity contribution in [3.8, 4) is 0 Å². The summed E-state index contributed by atoms with van der Waals surface area (Å²) in [5.41, 5.74) is 3.44. The zero-order chi connectivity index (χ0) is 24.5. The van der Waals surface area contributed by atoms with Crippen LogP contribution < -0.4 is 10.6 Å². The fourth-order valence-electron chi connectivity index (χ4n) is 3.67. The van der Waals surface area contributed by atoms with Crippen LogP contribution in [-0.4, -0.2) is 36.0 Å². The second-order valence-corrected chi connectivity index (χ2v) is 9.24. The zero-order valence-corrected chi connectivity index (χ0v) is 20.2. The number of halogens is 2. The average Bonchev–Trinajstić information content (AvgIpc) is 2.79. The first kappa shape index (κ1) is 25.9. The minimum atomic E-state index is -0.959. The van der Waals surface area contributed by atoms with E-state index in [1.807, 2.05) is 61.7 Å². The van der Waals surface area contributed by atoms with E-state index in [2.05, 4.69) is 10.6 Å². The van der Waals surface area contributed by atoms with E-state index in [0.29, 0.717) is 12.1 Å². The standard InChI is InChI=1S/C27H30F2N2O2S/c1-18-3-5-20(6-4-18)16-30-17-26(32)25(13-21-11-22(28)15-23(29)12-21)31-27(33)14-19-7-9-24(34-2)10-8-19/h3-12,15,25-26,30,32H,13-14,16-17H2,1-2H3,(H,31,33)/t25-,26-/m1/s1. The Balaban J connectivity index is 1.65. The number of benzene rings is 3. The van der Waals surface area contributed by atoms with Crippen molar-refractivity contribution in [3.05, 3.63) is 101 Å². The molecule has 3 aromatic rings. The second-order valence-electron chi connectivity index (χ2n) is 8.36. The molecule has 0 aliphatic heterocycles. The van der Waals surface area contributed by atoms with Gasteiger partial charge in [-0.3, -0.25) is 4.79 Å². The number of thioether (sulfide) groups is 1. The van der Waals surface area contributed by atoms with Crippen LogP contribution in [0.4, 0.5) is 8.78 Å². The maximum atomic E-state index is 13.7. The highest BCUT2D eigenvalue weighted by Crippen LogP contribution is 2.16. The summed E-state index contributed by atoms with van der Waals surface area (Å²) < 4.78 is 27.4. The highest BCUT2D eigenvalue weighted by molar-refractivity contribution is 7.98. The normalized spacial score (nSPS) is 12.9. The monoisotopic (exact) mass is 484 g/mol. The Kier molecular flexibility index (Phi) is 9.62. The van der Waals surface area contributed by atoms with Crippen molar-refractivity contribution in [3.63, 3.8) is 0 Å². The summed E-state index contributed by atoms with van der Waals surface area (Å²) >= 11 is 1.62. The minimum absolute atomic E-state index is 0.0964.